The summed E-state index contributed by atoms with van der Waals surface area (Å²) < 4.78 is 97.1. The number of methoxy groups -OCH3 is 2. The molecule has 3 heterocycles. The van der Waals surface area contributed by atoms with Gasteiger partial charge in [-0.1, -0.05) is 18.2 Å². The van der Waals surface area contributed by atoms with Gasteiger partial charge in [0.25, 0.3) is 10.0 Å². The number of likely N-dealkylation sites (N-methyl/N-ethyl adjacent to an activating group) is 2. The third kappa shape index (κ3) is 8.21. The molecule has 284 valence electrons. The molecule has 2 aliphatic rings. The molecule has 15 heteroatoms. The van der Waals surface area contributed by atoms with Gasteiger partial charge < -0.3 is 19.3 Å². The first-order valence-electron chi connectivity index (χ1n) is 17.4. The minimum atomic E-state index is -4.50. The summed E-state index contributed by atoms with van der Waals surface area (Å²) in [5.41, 5.74) is 0.547. The molecule has 6 rings (SSSR count). The Morgan fingerprint density at radius 3 is 2.47 bits per heavy atom. The van der Waals surface area contributed by atoms with E-state index in [0.717, 1.165) is 36.3 Å². The Labute approximate surface area is 308 Å². The first-order valence-corrected chi connectivity index (χ1v) is 18.8. The minimum absolute atomic E-state index is 0.0487. The second kappa shape index (κ2) is 15.5. The van der Waals surface area contributed by atoms with Crippen molar-refractivity contribution in [3.05, 3.63) is 102 Å². The van der Waals surface area contributed by atoms with Crippen LogP contribution in [0.15, 0.2) is 84.1 Å². The molecular formula is C38H44F4N6O4S. The second-order valence-electron chi connectivity index (χ2n) is 13.8. The summed E-state index contributed by atoms with van der Waals surface area (Å²) in [6.45, 7) is 2.64. The van der Waals surface area contributed by atoms with Gasteiger partial charge in [0.15, 0.2) is 0 Å². The van der Waals surface area contributed by atoms with Crippen LogP contribution in [0.3, 0.4) is 0 Å². The predicted molar refractivity (Wildman–Crippen MR) is 194 cm³/mol. The van der Waals surface area contributed by atoms with Crippen LogP contribution < -0.4 is 18.7 Å². The van der Waals surface area contributed by atoms with Crippen molar-refractivity contribution in [2.45, 2.75) is 54.9 Å². The monoisotopic (exact) mass is 756 g/mol. The van der Waals surface area contributed by atoms with E-state index >= 15 is 4.39 Å². The van der Waals surface area contributed by atoms with E-state index in [2.05, 4.69) is 31.7 Å². The number of aryl methyl sites for hydroxylation is 1. The highest BCUT2D eigenvalue weighted by Gasteiger charge is 2.44. The van der Waals surface area contributed by atoms with Gasteiger partial charge in [-0.15, -0.1) is 0 Å². The van der Waals surface area contributed by atoms with Crippen molar-refractivity contribution in [3.63, 3.8) is 0 Å². The lowest BCUT2D eigenvalue weighted by Crippen LogP contribution is -2.67. The van der Waals surface area contributed by atoms with Gasteiger partial charge in [-0.05, 0) is 81.7 Å². The van der Waals surface area contributed by atoms with Crippen LogP contribution in [0.25, 0.3) is 0 Å². The molecule has 0 spiro atoms. The Balaban J connectivity index is 1.29. The highest BCUT2D eigenvalue weighted by molar-refractivity contribution is 7.92. The maximum Gasteiger partial charge on any atom is 0.416 e. The summed E-state index contributed by atoms with van der Waals surface area (Å²) in [6, 6.07) is 16.3. The molecule has 0 N–H and O–H groups in total. The summed E-state index contributed by atoms with van der Waals surface area (Å²) in [5, 5.41) is 0. The quantitative estimate of drug-likeness (QED) is 0.147. The fourth-order valence-corrected chi connectivity index (χ4v) is 8.90. The van der Waals surface area contributed by atoms with Crippen LogP contribution in [0.5, 0.6) is 11.5 Å². The van der Waals surface area contributed by atoms with Crippen molar-refractivity contribution in [2.24, 2.45) is 0 Å². The number of aromatic nitrogens is 2. The SMILES string of the molecule is COc1ccc(CN(c2ccncn2)S(=O)(=O)c2ccc(N3CCC[C@@](CCc4cccc(C(F)(F)F)c4)(N(C)C4CN(C)C4)C3)cc2F)c(OC)c1. The molecule has 10 nitrogen and oxygen atoms in total. The topological polar surface area (TPSA) is 91.3 Å². The summed E-state index contributed by atoms with van der Waals surface area (Å²) in [5.74, 6) is 0.0341. The maximum absolute atomic E-state index is 16.2. The molecule has 2 fully saturated rings. The molecule has 0 saturated carbocycles. The molecule has 0 bridgehead atoms. The number of ether oxygens (including phenoxy) is 2. The number of nitrogens with zero attached hydrogens (tertiary/aromatic N) is 6. The Bertz CT molecular complexity index is 2000. The highest BCUT2D eigenvalue weighted by atomic mass is 32.2. The number of hydrogen-bond acceptors (Lipinski definition) is 9. The minimum Gasteiger partial charge on any atom is -0.497 e. The van der Waals surface area contributed by atoms with Crippen LogP contribution in [0.2, 0.25) is 0 Å². The molecule has 0 aliphatic carbocycles. The molecule has 0 radical (unpaired) electrons. The van der Waals surface area contributed by atoms with Gasteiger partial charge in [0, 0.05) is 67.3 Å². The highest BCUT2D eigenvalue weighted by Crippen LogP contribution is 2.38. The van der Waals surface area contributed by atoms with E-state index in [1.165, 1.54) is 57.1 Å². The lowest BCUT2D eigenvalue weighted by atomic mass is 9.80. The smallest absolute Gasteiger partial charge is 0.416 e. The maximum atomic E-state index is 16.2. The Kier molecular flexibility index (Phi) is 11.2. The van der Waals surface area contributed by atoms with Crippen LogP contribution >= 0.6 is 0 Å². The molecule has 2 saturated heterocycles. The molecule has 4 aromatic rings. The van der Waals surface area contributed by atoms with Crippen molar-refractivity contribution >= 4 is 21.5 Å². The molecule has 0 unspecified atom stereocenters. The van der Waals surface area contributed by atoms with Crippen LogP contribution in [-0.2, 0) is 29.2 Å². The number of rotatable bonds is 13. The van der Waals surface area contributed by atoms with E-state index < -0.39 is 38.0 Å². The molecular weight excluding hydrogens is 713 g/mol. The zero-order chi connectivity index (χ0) is 38.0. The van der Waals surface area contributed by atoms with Crippen LogP contribution in [0.4, 0.5) is 29.1 Å². The van der Waals surface area contributed by atoms with Crippen LogP contribution in [0.1, 0.15) is 36.0 Å². The average Bonchev–Trinajstić information content (AvgIpc) is 3.14. The number of hydrogen-bond donors (Lipinski definition) is 0. The van der Waals surface area contributed by atoms with Gasteiger partial charge in [-0.3, -0.25) is 4.90 Å². The molecule has 53 heavy (non-hydrogen) atoms. The molecule has 0 amide bonds. The van der Waals surface area contributed by atoms with Gasteiger partial charge in [0.2, 0.25) is 0 Å². The number of alkyl halides is 3. The lowest BCUT2D eigenvalue weighted by Gasteiger charge is -2.55. The van der Waals surface area contributed by atoms with Gasteiger partial charge >= 0.3 is 6.18 Å². The third-order valence-corrected chi connectivity index (χ3v) is 12.3. The van der Waals surface area contributed by atoms with Gasteiger partial charge in [-0.25, -0.2) is 27.1 Å². The van der Waals surface area contributed by atoms with Crippen molar-refractivity contribution in [2.75, 3.05) is 63.7 Å². The summed E-state index contributed by atoms with van der Waals surface area (Å²) in [6.07, 6.45) is 0.813. The van der Waals surface area contributed by atoms with E-state index in [1.54, 1.807) is 30.3 Å². The largest absolute Gasteiger partial charge is 0.497 e. The predicted octanol–water partition coefficient (Wildman–Crippen LogP) is 6.26. The molecule has 2 aliphatic heterocycles. The van der Waals surface area contributed by atoms with Crippen LogP contribution in [-0.4, -0.2) is 94.3 Å². The Hall–Kier alpha value is -4.47. The number of sulfonamides is 1. The number of halogens is 4. The van der Waals surface area contributed by atoms with Gasteiger partial charge in [-0.2, -0.15) is 13.2 Å². The van der Waals surface area contributed by atoms with E-state index in [1.807, 2.05) is 7.05 Å². The fraction of sp³-hybridized carbons (Fsp3) is 0.421. The van der Waals surface area contributed by atoms with Crippen molar-refractivity contribution < 1.29 is 35.5 Å². The number of anilines is 2. The summed E-state index contributed by atoms with van der Waals surface area (Å²) in [7, 11) is 2.59. The van der Waals surface area contributed by atoms with Crippen LogP contribution in [0, 0.1) is 5.82 Å². The molecule has 3 aromatic carbocycles. The summed E-state index contributed by atoms with van der Waals surface area (Å²) >= 11 is 0. The molecule has 1 aromatic heterocycles. The van der Waals surface area contributed by atoms with E-state index in [-0.39, 0.29) is 18.4 Å². The average molecular weight is 757 g/mol. The first-order chi connectivity index (χ1) is 25.2. The zero-order valence-electron chi connectivity index (χ0n) is 30.2. The van der Waals surface area contributed by atoms with E-state index in [9.17, 15) is 21.6 Å². The van der Waals surface area contributed by atoms with Gasteiger partial charge in [0.05, 0.1) is 26.3 Å². The van der Waals surface area contributed by atoms with E-state index in [0.29, 0.717) is 54.2 Å². The number of benzene rings is 3. The normalized spacial score (nSPS) is 18.5. The number of piperidine rings is 1. The summed E-state index contributed by atoms with van der Waals surface area (Å²) in [4.78, 5) is 14.2. The Morgan fingerprint density at radius 2 is 1.81 bits per heavy atom. The number of likely N-dealkylation sites (tertiary alicyclic amines) is 1. The Morgan fingerprint density at radius 1 is 1.02 bits per heavy atom. The van der Waals surface area contributed by atoms with Crippen molar-refractivity contribution in [1.29, 1.82) is 0 Å². The van der Waals surface area contributed by atoms with Crippen molar-refractivity contribution in [3.8, 4) is 11.5 Å². The van der Waals surface area contributed by atoms with E-state index in [4.69, 9.17) is 9.47 Å². The fourth-order valence-electron chi connectivity index (χ4n) is 7.45. The molecule has 1 atom stereocenters. The lowest BCUT2D eigenvalue weighted by molar-refractivity contribution is -0.137. The third-order valence-electron chi connectivity index (χ3n) is 10.5. The standard InChI is InChI=1S/C38H44F4N6O4S/c1-45-23-31(24-45)46(2)37(16-13-27-7-5-8-29(19-27)38(40,41)42)15-6-18-47(25-37)30-10-12-35(33(39)20-30)53(49,50)48(36-14-17-43-26-44-36)22-28-9-11-32(51-3)21-34(28)52-4/h5,7-12,14,17,19-21,26,31H,6,13,15-16,18,22-25H2,1-4H3/t37-/m0/s1. The van der Waals surface area contributed by atoms with Crippen molar-refractivity contribution in [1.82, 2.24) is 19.8 Å². The first kappa shape index (κ1) is 38.3. The van der Waals surface area contributed by atoms with Gasteiger partial charge in [0.1, 0.15) is 34.4 Å². The zero-order valence-corrected chi connectivity index (χ0v) is 31.0. The second-order valence-corrected chi connectivity index (χ2v) is 15.6.